The molecule has 5 nitrogen and oxygen atoms in total. The molecule has 0 amide bonds. The number of halogens is 1. The van der Waals surface area contributed by atoms with Gasteiger partial charge in [-0.05, 0) is 25.5 Å². The molecule has 1 saturated heterocycles. The Labute approximate surface area is 138 Å². The van der Waals surface area contributed by atoms with Crippen molar-refractivity contribution in [3.8, 4) is 0 Å². The Hall–Kier alpha value is -1.57. The van der Waals surface area contributed by atoms with Crippen molar-refractivity contribution in [3.63, 3.8) is 0 Å². The van der Waals surface area contributed by atoms with Gasteiger partial charge in [0.1, 0.15) is 5.60 Å². The van der Waals surface area contributed by atoms with Gasteiger partial charge in [0.2, 0.25) is 5.95 Å². The highest BCUT2D eigenvalue weighted by Crippen LogP contribution is 2.42. The van der Waals surface area contributed by atoms with Crippen LogP contribution < -0.4 is 5.32 Å². The first kappa shape index (κ1) is 15.0. The van der Waals surface area contributed by atoms with Crippen molar-refractivity contribution >= 4 is 16.5 Å². The molecule has 1 N–H and O–H groups in total. The second-order valence-corrected chi connectivity index (χ2v) is 7.17. The normalized spacial score (nSPS) is 24.1. The molecule has 4 rings (SSSR count). The van der Waals surface area contributed by atoms with Gasteiger partial charge in [-0.1, -0.05) is 17.4 Å². The van der Waals surface area contributed by atoms with E-state index in [2.05, 4.69) is 26.3 Å². The Bertz CT molecular complexity index is 718. The van der Waals surface area contributed by atoms with Crippen LogP contribution in [0.25, 0.3) is 0 Å². The third kappa shape index (κ3) is 2.62. The summed E-state index contributed by atoms with van der Waals surface area (Å²) < 4.78 is 20.1. The second kappa shape index (κ2) is 5.81. The number of nitrogens with one attached hydrogen (secondary N) is 1. The molecule has 23 heavy (non-hydrogen) atoms. The summed E-state index contributed by atoms with van der Waals surface area (Å²) in [6.45, 7) is 2.89. The highest BCUT2D eigenvalue weighted by molar-refractivity contribution is 7.15. The van der Waals surface area contributed by atoms with Crippen molar-refractivity contribution < 1.29 is 9.13 Å². The third-order valence-corrected chi connectivity index (χ3v) is 5.62. The first-order valence-corrected chi connectivity index (χ1v) is 8.65. The molecule has 0 bridgehead atoms. The average molecular weight is 334 g/mol. The van der Waals surface area contributed by atoms with Crippen LogP contribution in [0.4, 0.5) is 9.52 Å². The van der Waals surface area contributed by atoms with Crippen molar-refractivity contribution in [1.82, 2.24) is 14.9 Å². The molecule has 0 aliphatic carbocycles. The van der Waals surface area contributed by atoms with Gasteiger partial charge in [0.05, 0.1) is 17.2 Å². The van der Waals surface area contributed by atoms with Crippen LogP contribution in [0.1, 0.15) is 29.0 Å². The Morgan fingerprint density at radius 1 is 1.52 bits per heavy atom. The summed E-state index contributed by atoms with van der Waals surface area (Å²) in [5, 5.41) is 3.52. The first-order chi connectivity index (χ1) is 11.2. The van der Waals surface area contributed by atoms with Crippen LogP contribution in [0.15, 0.2) is 18.3 Å². The maximum absolute atomic E-state index is 13.9. The van der Waals surface area contributed by atoms with Crippen LogP contribution in [0.5, 0.6) is 0 Å². The molecule has 1 unspecified atom stereocenters. The maximum atomic E-state index is 13.9. The monoisotopic (exact) mass is 334 g/mol. The van der Waals surface area contributed by atoms with E-state index in [0.717, 1.165) is 31.6 Å². The molecule has 2 aliphatic heterocycles. The number of rotatable bonds is 3. The van der Waals surface area contributed by atoms with E-state index < -0.39 is 0 Å². The summed E-state index contributed by atoms with van der Waals surface area (Å²) in [5.74, 6) is -0.371. The molecule has 2 aromatic heterocycles. The molecule has 4 heterocycles. The van der Waals surface area contributed by atoms with Crippen molar-refractivity contribution in [2.45, 2.75) is 31.6 Å². The predicted molar refractivity (Wildman–Crippen MR) is 86.8 cm³/mol. The fourth-order valence-electron chi connectivity index (χ4n) is 3.54. The molecule has 122 valence electrons. The van der Waals surface area contributed by atoms with Gasteiger partial charge in [-0.25, -0.2) is 0 Å². The zero-order valence-corrected chi connectivity index (χ0v) is 13.8. The molecular weight excluding hydrogens is 315 g/mol. The number of piperidine rings is 1. The minimum atomic E-state index is -0.371. The number of thiazole rings is 1. The fourth-order valence-corrected chi connectivity index (χ4v) is 4.38. The quantitative estimate of drug-likeness (QED) is 0.935. The first-order valence-electron chi connectivity index (χ1n) is 7.84. The number of anilines is 1. The van der Waals surface area contributed by atoms with E-state index in [1.54, 1.807) is 7.05 Å². The summed E-state index contributed by atoms with van der Waals surface area (Å²) in [7, 11) is 1.76. The smallest absolute Gasteiger partial charge is 0.230 e. The second-order valence-electron chi connectivity index (χ2n) is 6.09. The van der Waals surface area contributed by atoms with Crippen molar-refractivity contribution in [3.05, 3.63) is 40.4 Å². The summed E-state index contributed by atoms with van der Waals surface area (Å²) in [6, 6.07) is 4.03. The molecule has 1 fully saturated rings. The number of aromatic nitrogens is 2. The van der Waals surface area contributed by atoms with E-state index >= 15 is 0 Å². The van der Waals surface area contributed by atoms with Crippen LogP contribution in [0.3, 0.4) is 0 Å². The summed E-state index contributed by atoms with van der Waals surface area (Å²) in [5.41, 5.74) is 1.91. The highest BCUT2D eigenvalue weighted by Gasteiger charge is 2.44. The van der Waals surface area contributed by atoms with Gasteiger partial charge >= 0.3 is 0 Å². The van der Waals surface area contributed by atoms with Gasteiger partial charge in [0.25, 0.3) is 0 Å². The van der Waals surface area contributed by atoms with Crippen molar-refractivity contribution in [1.29, 1.82) is 0 Å². The van der Waals surface area contributed by atoms with E-state index in [-0.39, 0.29) is 11.5 Å². The van der Waals surface area contributed by atoms with Crippen molar-refractivity contribution in [2.24, 2.45) is 0 Å². The van der Waals surface area contributed by atoms with E-state index in [4.69, 9.17) is 4.74 Å². The number of pyridine rings is 1. The van der Waals surface area contributed by atoms with Gasteiger partial charge in [0.15, 0.2) is 5.13 Å². The topological polar surface area (TPSA) is 50.3 Å². The Morgan fingerprint density at radius 3 is 3.26 bits per heavy atom. The van der Waals surface area contributed by atoms with Gasteiger partial charge in [0, 0.05) is 31.9 Å². The highest BCUT2D eigenvalue weighted by atomic mass is 32.1. The van der Waals surface area contributed by atoms with E-state index in [0.29, 0.717) is 23.2 Å². The molecule has 0 aromatic carbocycles. The SMILES string of the molecule is CNc1nc(F)c(CN2CCCC3(C2)OCc2cccnc23)s1. The van der Waals surface area contributed by atoms with Gasteiger partial charge in [-0.2, -0.15) is 9.37 Å². The number of nitrogens with zero attached hydrogens (tertiary/aromatic N) is 3. The summed E-state index contributed by atoms with van der Waals surface area (Å²) >= 11 is 1.37. The lowest BCUT2D eigenvalue weighted by Gasteiger charge is -2.39. The zero-order chi connectivity index (χ0) is 15.9. The standard InChI is InChI=1S/C16H19FN4OS/c1-18-15-20-14(17)12(23-15)8-21-7-3-5-16(10-21)13-11(9-22-16)4-2-6-19-13/h2,4,6H,3,5,7-10H2,1H3,(H,18,20). The third-order valence-electron chi connectivity index (χ3n) is 4.59. The van der Waals surface area contributed by atoms with Gasteiger partial charge in [-0.15, -0.1) is 0 Å². The zero-order valence-electron chi connectivity index (χ0n) is 13.0. The molecule has 2 aliphatic rings. The number of likely N-dealkylation sites (tertiary alicyclic amines) is 1. The van der Waals surface area contributed by atoms with Crippen LogP contribution >= 0.6 is 11.3 Å². The lowest BCUT2D eigenvalue weighted by Crippen LogP contribution is -2.45. The van der Waals surface area contributed by atoms with E-state index in [1.165, 1.54) is 16.9 Å². The van der Waals surface area contributed by atoms with Crippen LogP contribution in [0.2, 0.25) is 0 Å². The number of fused-ring (bicyclic) bond motifs is 2. The van der Waals surface area contributed by atoms with Crippen LogP contribution in [0, 0.1) is 5.95 Å². The minimum absolute atomic E-state index is 0.332. The fraction of sp³-hybridized carbons (Fsp3) is 0.500. The Balaban J connectivity index is 1.55. The molecular formula is C16H19FN4OS. The number of hydrogen-bond donors (Lipinski definition) is 1. The molecule has 0 radical (unpaired) electrons. The molecule has 2 aromatic rings. The van der Waals surface area contributed by atoms with E-state index in [9.17, 15) is 4.39 Å². The van der Waals surface area contributed by atoms with Gasteiger partial charge < -0.3 is 10.1 Å². The lowest BCUT2D eigenvalue weighted by atomic mass is 9.88. The Morgan fingerprint density at radius 2 is 2.43 bits per heavy atom. The Kier molecular flexibility index (Phi) is 3.79. The van der Waals surface area contributed by atoms with Gasteiger partial charge in [-0.3, -0.25) is 9.88 Å². The summed E-state index contributed by atoms with van der Waals surface area (Å²) in [4.78, 5) is 11.4. The average Bonchev–Trinajstić information content (AvgIpc) is 3.10. The minimum Gasteiger partial charge on any atom is -0.365 e. The molecule has 1 spiro atoms. The largest absolute Gasteiger partial charge is 0.365 e. The van der Waals surface area contributed by atoms with Crippen LogP contribution in [-0.4, -0.2) is 35.0 Å². The number of hydrogen-bond acceptors (Lipinski definition) is 6. The molecule has 1 atom stereocenters. The van der Waals surface area contributed by atoms with E-state index in [1.807, 2.05) is 12.3 Å². The number of ether oxygens (including phenoxy) is 1. The van der Waals surface area contributed by atoms with Crippen LogP contribution in [-0.2, 0) is 23.5 Å². The molecule has 7 heteroatoms. The molecule has 0 saturated carbocycles. The lowest BCUT2D eigenvalue weighted by molar-refractivity contribution is -0.0891. The predicted octanol–water partition coefficient (Wildman–Crippen LogP) is 2.74. The maximum Gasteiger partial charge on any atom is 0.230 e. The van der Waals surface area contributed by atoms with Crippen molar-refractivity contribution in [2.75, 3.05) is 25.5 Å². The summed E-state index contributed by atoms with van der Waals surface area (Å²) in [6.07, 6.45) is 3.83.